The quantitative estimate of drug-likeness (QED) is 0.703. The average molecular weight is 384 g/mol. The number of carbonyl (C=O) groups excluding carboxylic acids is 2. The summed E-state index contributed by atoms with van der Waals surface area (Å²) < 4.78 is 16.1. The number of carbonyl (C=O) groups is 2. The molecule has 1 aliphatic heterocycles. The van der Waals surface area contributed by atoms with Crippen LogP contribution in [0, 0.1) is 5.92 Å². The van der Waals surface area contributed by atoms with Gasteiger partial charge in [0.05, 0.1) is 30.8 Å². The van der Waals surface area contributed by atoms with E-state index in [2.05, 4.69) is 0 Å². The molecule has 0 aliphatic carbocycles. The minimum Gasteiger partial charge on any atom is -0.493 e. The van der Waals surface area contributed by atoms with Gasteiger partial charge in [-0.25, -0.2) is 0 Å². The Hall–Kier alpha value is -1.95. The summed E-state index contributed by atoms with van der Waals surface area (Å²) in [6, 6.07) is 3.21. The summed E-state index contributed by atoms with van der Waals surface area (Å²) in [6.07, 6.45) is 1.41. The number of esters is 1. The third-order valence-electron chi connectivity index (χ3n) is 4.16. The summed E-state index contributed by atoms with van der Waals surface area (Å²) in [6.45, 7) is 6.84. The molecule has 7 heteroatoms. The summed E-state index contributed by atoms with van der Waals surface area (Å²) >= 11 is 6.31. The van der Waals surface area contributed by atoms with Crippen LogP contribution in [0.2, 0.25) is 5.02 Å². The average Bonchev–Trinajstić information content (AvgIpc) is 2.62. The fraction of sp³-hybridized carbons (Fsp3) is 0.579. The van der Waals surface area contributed by atoms with Crippen LogP contribution >= 0.6 is 11.6 Å². The SMILES string of the molecule is CCOC(=O)[C@H]1CCCN(C(=O)c2cc(Cl)c(OC(C)C)c(OC)c2)C1. The normalized spacial score (nSPS) is 17.2. The van der Waals surface area contributed by atoms with E-state index in [1.54, 1.807) is 24.0 Å². The summed E-state index contributed by atoms with van der Waals surface area (Å²) in [7, 11) is 1.50. The summed E-state index contributed by atoms with van der Waals surface area (Å²) in [5, 5.41) is 0.320. The number of nitrogens with zero attached hydrogens (tertiary/aromatic N) is 1. The lowest BCUT2D eigenvalue weighted by Gasteiger charge is -2.31. The van der Waals surface area contributed by atoms with Crippen molar-refractivity contribution in [1.82, 2.24) is 4.90 Å². The van der Waals surface area contributed by atoms with E-state index >= 15 is 0 Å². The zero-order valence-electron chi connectivity index (χ0n) is 15.7. The highest BCUT2D eigenvalue weighted by Gasteiger charge is 2.30. The number of hydrogen-bond acceptors (Lipinski definition) is 5. The molecule has 1 heterocycles. The van der Waals surface area contributed by atoms with E-state index in [9.17, 15) is 9.59 Å². The highest BCUT2D eigenvalue weighted by atomic mass is 35.5. The Kier molecular flexibility index (Phi) is 7.14. The molecule has 1 saturated heterocycles. The molecule has 1 fully saturated rings. The smallest absolute Gasteiger partial charge is 0.310 e. The predicted octanol–water partition coefficient (Wildman–Crippen LogP) is 3.55. The van der Waals surface area contributed by atoms with Crippen LogP contribution in [-0.4, -0.2) is 49.7 Å². The number of halogens is 1. The van der Waals surface area contributed by atoms with Gasteiger partial charge in [0.1, 0.15) is 0 Å². The van der Waals surface area contributed by atoms with Gasteiger partial charge in [0, 0.05) is 18.7 Å². The molecule has 0 aromatic heterocycles. The lowest BCUT2D eigenvalue weighted by Crippen LogP contribution is -2.42. The van der Waals surface area contributed by atoms with E-state index in [0.29, 0.717) is 41.8 Å². The lowest BCUT2D eigenvalue weighted by atomic mass is 9.97. The topological polar surface area (TPSA) is 65.1 Å². The second kappa shape index (κ2) is 9.12. The van der Waals surface area contributed by atoms with Crippen molar-refractivity contribution in [1.29, 1.82) is 0 Å². The molecular formula is C19H26ClNO5. The van der Waals surface area contributed by atoms with Gasteiger partial charge in [-0.15, -0.1) is 0 Å². The Morgan fingerprint density at radius 2 is 2.08 bits per heavy atom. The Morgan fingerprint density at radius 1 is 1.35 bits per heavy atom. The Labute approximate surface area is 159 Å². The molecule has 0 unspecified atom stereocenters. The minimum atomic E-state index is -0.284. The highest BCUT2D eigenvalue weighted by Crippen LogP contribution is 2.37. The van der Waals surface area contributed by atoms with Crippen LogP contribution < -0.4 is 9.47 Å². The maximum Gasteiger partial charge on any atom is 0.310 e. The molecule has 1 aromatic carbocycles. The third-order valence-corrected chi connectivity index (χ3v) is 4.44. The molecule has 6 nitrogen and oxygen atoms in total. The van der Waals surface area contributed by atoms with Crippen LogP contribution in [0.25, 0.3) is 0 Å². The van der Waals surface area contributed by atoms with Crippen LogP contribution in [0.4, 0.5) is 0 Å². The first-order chi connectivity index (χ1) is 12.4. The molecule has 1 atom stereocenters. The van der Waals surface area contributed by atoms with E-state index < -0.39 is 0 Å². The first-order valence-corrected chi connectivity index (χ1v) is 9.25. The molecule has 144 valence electrons. The molecule has 0 spiro atoms. The molecule has 0 saturated carbocycles. The zero-order valence-corrected chi connectivity index (χ0v) is 16.5. The molecule has 0 bridgehead atoms. The number of piperidine rings is 1. The Morgan fingerprint density at radius 3 is 2.69 bits per heavy atom. The van der Waals surface area contributed by atoms with Gasteiger partial charge in [0.15, 0.2) is 11.5 Å². The summed E-state index contributed by atoms with van der Waals surface area (Å²) in [4.78, 5) is 26.6. The Balaban J connectivity index is 2.20. The fourth-order valence-electron chi connectivity index (χ4n) is 2.99. The van der Waals surface area contributed by atoms with Crippen molar-refractivity contribution in [3.63, 3.8) is 0 Å². The predicted molar refractivity (Wildman–Crippen MR) is 99.0 cm³/mol. The molecular weight excluding hydrogens is 358 g/mol. The van der Waals surface area contributed by atoms with Crippen molar-refractivity contribution in [3.05, 3.63) is 22.7 Å². The molecule has 0 radical (unpaired) electrons. The summed E-state index contributed by atoms with van der Waals surface area (Å²) in [5.41, 5.74) is 0.410. The second-order valence-electron chi connectivity index (χ2n) is 6.50. The summed E-state index contributed by atoms with van der Waals surface area (Å²) in [5.74, 6) is 0.113. The Bertz CT molecular complexity index is 662. The van der Waals surface area contributed by atoms with Gasteiger partial charge in [-0.1, -0.05) is 11.6 Å². The van der Waals surface area contributed by atoms with Crippen LogP contribution in [0.1, 0.15) is 44.0 Å². The first kappa shape index (κ1) is 20.4. The van der Waals surface area contributed by atoms with E-state index in [-0.39, 0.29) is 23.9 Å². The van der Waals surface area contributed by atoms with Crippen molar-refractivity contribution in [2.24, 2.45) is 5.92 Å². The number of likely N-dealkylation sites (tertiary alicyclic amines) is 1. The molecule has 1 amide bonds. The fourth-order valence-corrected chi connectivity index (χ4v) is 3.25. The monoisotopic (exact) mass is 383 g/mol. The zero-order chi connectivity index (χ0) is 19.3. The minimum absolute atomic E-state index is 0.0737. The molecule has 26 heavy (non-hydrogen) atoms. The van der Waals surface area contributed by atoms with Gasteiger partial charge < -0.3 is 19.1 Å². The van der Waals surface area contributed by atoms with Crippen LogP contribution in [0.5, 0.6) is 11.5 Å². The van der Waals surface area contributed by atoms with Gasteiger partial charge in [0.25, 0.3) is 5.91 Å². The number of ether oxygens (including phenoxy) is 3. The second-order valence-corrected chi connectivity index (χ2v) is 6.91. The number of methoxy groups -OCH3 is 1. The van der Waals surface area contributed by atoms with E-state index in [1.165, 1.54) is 7.11 Å². The van der Waals surface area contributed by atoms with Crippen molar-refractivity contribution in [2.75, 3.05) is 26.8 Å². The number of rotatable bonds is 6. The molecule has 2 rings (SSSR count). The lowest BCUT2D eigenvalue weighted by molar-refractivity contribution is -0.149. The van der Waals surface area contributed by atoms with Gasteiger partial charge in [0.2, 0.25) is 0 Å². The van der Waals surface area contributed by atoms with E-state index in [1.807, 2.05) is 13.8 Å². The van der Waals surface area contributed by atoms with Crippen molar-refractivity contribution in [2.45, 2.75) is 39.7 Å². The largest absolute Gasteiger partial charge is 0.493 e. The van der Waals surface area contributed by atoms with Gasteiger partial charge in [-0.3, -0.25) is 9.59 Å². The number of hydrogen-bond donors (Lipinski definition) is 0. The van der Waals surface area contributed by atoms with E-state index in [0.717, 1.165) is 12.8 Å². The maximum absolute atomic E-state index is 12.9. The highest BCUT2D eigenvalue weighted by molar-refractivity contribution is 6.32. The van der Waals surface area contributed by atoms with Crippen molar-refractivity contribution in [3.8, 4) is 11.5 Å². The maximum atomic E-state index is 12.9. The first-order valence-electron chi connectivity index (χ1n) is 8.87. The van der Waals surface area contributed by atoms with Crippen LogP contribution in [-0.2, 0) is 9.53 Å². The van der Waals surface area contributed by atoms with Gasteiger partial charge in [-0.2, -0.15) is 0 Å². The molecule has 1 aliphatic rings. The molecule has 0 N–H and O–H groups in total. The van der Waals surface area contributed by atoms with E-state index in [4.69, 9.17) is 25.8 Å². The van der Waals surface area contributed by atoms with Crippen LogP contribution in [0.15, 0.2) is 12.1 Å². The number of benzene rings is 1. The van der Waals surface area contributed by atoms with Crippen molar-refractivity contribution >= 4 is 23.5 Å². The molecule has 1 aromatic rings. The third kappa shape index (κ3) is 4.81. The van der Waals surface area contributed by atoms with Crippen molar-refractivity contribution < 1.29 is 23.8 Å². The van der Waals surface area contributed by atoms with Crippen LogP contribution in [0.3, 0.4) is 0 Å². The standard InChI is InChI=1S/C19H26ClNO5/c1-5-25-19(23)13-7-6-8-21(11-13)18(22)14-9-15(20)17(26-12(2)3)16(10-14)24-4/h9-10,12-13H,5-8,11H2,1-4H3/t13-/m0/s1. The van der Waals surface area contributed by atoms with Gasteiger partial charge in [-0.05, 0) is 45.7 Å². The number of amides is 1. The van der Waals surface area contributed by atoms with Gasteiger partial charge >= 0.3 is 5.97 Å².